The van der Waals surface area contributed by atoms with Crippen LogP contribution in [-0.2, 0) is 0 Å². The first kappa shape index (κ1) is 8.08. The number of hydrogen-bond acceptors (Lipinski definition) is 2. The Morgan fingerprint density at radius 3 is 2.55 bits per heavy atom. The SMILES string of the molecule is O=C(CC=S)c1ccccc1. The molecule has 0 amide bonds. The van der Waals surface area contributed by atoms with Crippen LogP contribution in [0.25, 0.3) is 0 Å². The summed E-state index contributed by atoms with van der Waals surface area (Å²) in [5, 5.41) is 1.45. The molecule has 0 saturated heterocycles. The van der Waals surface area contributed by atoms with Gasteiger partial charge in [-0.2, -0.15) is 0 Å². The summed E-state index contributed by atoms with van der Waals surface area (Å²) in [5.74, 6) is 0.0839. The topological polar surface area (TPSA) is 17.1 Å². The third-order valence-corrected chi connectivity index (χ3v) is 1.53. The fourth-order valence-corrected chi connectivity index (χ4v) is 0.969. The van der Waals surface area contributed by atoms with Crippen LogP contribution in [0.1, 0.15) is 16.8 Å². The fourth-order valence-electron chi connectivity index (χ4n) is 0.818. The minimum atomic E-state index is 0.0839. The van der Waals surface area contributed by atoms with Crippen LogP contribution in [-0.4, -0.2) is 11.2 Å². The highest BCUT2D eigenvalue weighted by Crippen LogP contribution is 2.01. The molecule has 0 aromatic heterocycles. The van der Waals surface area contributed by atoms with Gasteiger partial charge in [0.2, 0.25) is 0 Å². The van der Waals surface area contributed by atoms with E-state index in [2.05, 4.69) is 12.2 Å². The maximum Gasteiger partial charge on any atom is 0.167 e. The van der Waals surface area contributed by atoms with Gasteiger partial charge in [0.05, 0.1) is 0 Å². The predicted octanol–water partition coefficient (Wildman–Crippen LogP) is 2.26. The molecule has 0 aliphatic carbocycles. The van der Waals surface area contributed by atoms with E-state index in [0.29, 0.717) is 6.42 Å². The van der Waals surface area contributed by atoms with Gasteiger partial charge in [0.1, 0.15) is 0 Å². The molecule has 56 valence electrons. The van der Waals surface area contributed by atoms with Crippen LogP contribution in [0.5, 0.6) is 0 Å². The fraction of sp³-hybridized carbons (Fsp3) is 0.111. The lowest BCUT2D eigenvalue weighted by Gasteiger charge is -1.93. The molecule has 0 aliphatic rings. The largest absolute Gasteiger partial charge is 0.294 e. The Labute approximate surface area is 71.0 Å². The van der Waals surface area contributed by atoms with Crippen LogP contribution in [0, 0.1) is 0 Å². The monoisotopic (exact) mass is 164 g/mol. The van der Waals surface area contributed by atoms with Gasteiger partial charge in [-0.05, 0) is 5.37 Å². The molecule has 0 aliphatic heterocycles. The lowest BCUT2D eigenvalue weighted by Crippen LogP contribution is -1.97. The highest BCUT2D eigenvalue weighted by molar-refractivity contribution is 7.79. The molecule has 2 heteroatoms. The molecule has 0 fully saturated rings. The van der Waals surface area contributed by atoms with E-state index in [1.165, 1.54) is 5.37 Å². The van der Waals surface area contributed by atoms with E-state index in [1.54, 1.807) is 12.1 Å². The Hall–Kier alpha value is -1.02. The van der Waals surface area contributed by atoms with Crippen molar-refractivity contribution in [3.63, 3.8) is 0 Å². The Morgan fingerprint density at radius 1 is 1.36 bits per heavy atom. The molecule has 11 heavy (non-hydrogen) atoms. The molecule has 0 atom stereocenters. The zero-order chi connectivity index (χ0) is 8.10. The van der Waals surface area contributed by atoms with Crippen molar-refractivity contribution in [1.82, 2.24) is 0 Å². The number of thiocarbonyl (C=S) groups is 1. The zero-order valence-electron chi connectivity index (χ0n) is 5.99. The molecular formula is C9H8OS. The average molecular weight is 164 g/mol. The molecule has 1 aromatic carbocycles. The molecule has 0 heterocycles. The summed E-state index contributed by atoms with van der Waals surface area (Å²) in [6.45, 7) is 0. The van der Waals surface area contributed by atoms with Crippen molar-refractivity contribution >= 4 is 23.4 Å². The van der Waals surface area contributed by atoms with Gasteiger partial charge in [-0.1, -0.05) is 42.5 Å². The molecular weight excluding hydrogens is 156 g/mol. The first-order valence-electron chi connectivity index (χ1n) is 3.36. The summed E-state index contributed by atoms with van der Waals surface area (Å²) in [6.07, 6.45) is 0.347. The first-order chi connectivity index (χ1) is 5.34. The lowest BCUT2D eigenvalue weighted by molar-refractivity contribution is 0.100. The second-order valence-electron chi connectivity index (χ2n) is 2.16. The second kappa shape index (κ2) is 3.98. The Balaban J connectivity index is 2.77. The third-order valence-electron chi connectivity index (χ3n) is 1.36. The molecule has 0 spiro atoms. The number of benzene rings is 1. The van der Waals surface area contributed by atoms with Crippen LogP contribution in [0.3, 0.4) is 0 Å². The van der Waals surface area contributed by atoms with Crippen LogP contribution < -0.4 is 0 Å². The van der Waals surface area contributed by atoms with E-state index in [1.807, 2.05) is 18.2 Å². The quantitative estimate of drug-likeness (QED) is 0.503. The van der Waals surface area contributed by atoms with E-state index in [9.17, 15) is 4.79 Å². The van der Waals surface area contributed by atoms with Gasteiger partial charge in [0.15, 0.2) is 5.78 Å². The predicted molar refractivity (Wildman–Crippen MR) is 49.0 cm³/mol. The Morgan fingerprint density at radius 2 is 2.00 bits per heavy atom. The first-order valence-corrected chi connectivity index (χ1v) is 3.83. The van der Waals surface area contributed by atoms with E-state index >= 15 is 0 Å². The van der Waals surface area contributed by atoms with E-state index in [4.69, 9.17) is 0 Å². The summed E-state index contributed by atoms with van der Waals surface area (Å²) in [7, 11) is 0. The number of ketones is 1. The Bertz CT molecular complexity index is 254. The van der Waals surface area contributed by atoms with Gasteiger partial charge < -0.3 is 0 Å². The summed E-state index contributed by atoms with van der Waals surface area (Å²) >= 11 is 4.58. The van der Waals surface area contributed by atoms with Crippen molar-refractivity contribution in [3.8, 4) is 0 Å². The van der Waals surface area contributed by atoms with Crippen LogP contribution in [0.2, 0.25) is 0 Å². The van der Waals surface area contributed by atoms with Gasteiger partial charge in [-0.3, -0.25) is 4.79 Å². The molecule has 0 saturated carbocycles. The number of hydrogen-bond donors (Lipinski definition) is 0. The molecule has 1 nitrogen and oxygen atoms in total. The van der Waals surface area contributed by atoms with Crippen LogP contribution in [0.15, 0.2) is 30.3 Å². The highest BCUT2D eigenvalue weighted by atomic mass is 32.1. The molecule has 1 aromatic rings. The standard InChI is InChI=1S/C9H8OS/c10-9(6-7-11)8-4-2-1-3-5-8/h1-5,7H,6H2. The van der Waals surface area contributed by atoms with Gasteiger partial charge in [-0.15, -0.1) is 0 Å². The number of carbonyl (C=O) groups is 1. The zero-order valence-corrected chi connectivity index (χ0v) is 6.80. The summed E-state index contributed by atoms with van der Waals surface area (Å²) < 4.78 is 0. The van der Waals surface area contributed by atoms with Gasteiger partial charge in [0, 0.05) is 12.0 Å². The maximum atomic E-state index is 11.1. The summed E-state index contributed by atoms with van der Waals surface area (Å²) in [5.41, 5.74) is 0.730. The van der Waals surface area contributed by atoms with E-state index < -0.39 is 0 Å². The average Bonchev–Trinajstić information content (AvgIpc) is 2.07. The normalized spacial score (nSPS) is 9.09. The van der Waals surface area contributed by atoms with Crippen molar-refractivity contribution in [2.75, 3.05) is 0 Å². The van der Waals surface area contributed by atoms with Crippen molar-refractivity contribution in [2.24, 2.45) is 0 Å². The van der Waals surface area contributed by atoms with Crippen molar-refractivity contribution in [2.45, 2.75) is 6.42 Å². The Kier molecular flexibility index (Phi) is 2.93. The summed E-state index contributed by atoms with van der Waals surface area (Å²) in [6, 6.07) is 9.16. The highest BCUT2D eigenvalue weighted by Gasteiger charge is 2.00. The van der Waals surface area contributed by atoms with Gasteiger partial charge in [0.25, 0.3) is 0 Å². The lowest BCUT2D eigenvalue weighted by atomic mass is 10.1. The van der Waals surface area contributed by atoms with Crippen molar-refractivity contribution in [3.05, 3.63) is 35.9 Å². The van der Waals surface area contributed by atoms with E-state index in [-0.39, 0.29) is 5.78 Å². The van der Waals surface area contributed by atoms with Gasteiger partial charge in [-0.25, -0.2) is 0 Å². The number of Topliss-reactive ketones (excluding diaryl/α,β-unsaturated/α-hetero) is 1. The minimum Gasteiger partial charge on any atom is -0.294 e. The molecule has 1 rings (SSSR count). The second-order valence-corrected chi connectivity index (χ2v) is 2.49. The molecule has 0 bridgehead atoms. The smallest absolute Gasteiger partial charge is 0.167 e. The summed E-state index contributed by atoms with van der Waals surface area (Å²) in [4.78, 5) is 11.1. The molecule has 0 unspecified atom stereocenters. The molecule has 0 radical (unpaired) electrons. The number of rotatable bonds is 3. The number of carbonyl (C=O) groups excluding carboxylic acids is 1. The minimum absolute atomic E-state index is 0.0839. The third kappa shape index (κ3) is 2.24. The van der Waals surface area contributed by atoms with Crippen molar-refractivity contribution in [1.29, 1.82) is 0 Å². The van der Waals surface area contributed by atoms with E-state index in [0.717, 1.165) is 5.56 Å². The van der Waals surface area contributed by atoms with Gasteiger partial charge >= 0.3 is 0 Å². The van der Waals surface area contributed by atoms with Crippen LogP contribution >= 0.6 is 12.2 Å². The van der Waals surface area contributed by atoms with Crippen molar-refractivity contribution < 1.29 is 4.79 Å². The molecule has 0 N–H and O–H groups in total. The van der Waals surface area contributed by atoms with Crippen LogP contribution in [0.4, 0.5) is 0 Å². The maximum absolute atomic E-state index is 11.1.